The highest BCUT2D eigenvalue weighted by Crippen LogP contribution is 2.28. The monoisotopic (exact) mass is 284 g/mol. The molecule has 1 heterocycles. The molecule has 0 fully saturated rings. The van der Waals surface area contributed by atoms with Crippen LogP contribution in [0.25, 0.3) is 0 Å². The lowest BCUT2D eigenvalue weighted by atomic mass is 9.85. The minimum Gasteiger partial charge on any atom is -0.369 e. The Morgan fingerprint density at radius 1 is 1.50 bits per heavy atom. The van der Waals surface area contributed by atoms with Crippen molar-refractivity contribution in [2.24, 2.45) is 11.1 Å². The zero-order valence-electron chi connectivity index (χ0n) is 10.1. The third-order valence-corrected chi connectivity index (χ3v) is 3.71. The summed E-state index contributed by atoms with van der Waals surface area (Å²) in [6.07, 6.45) is 0.618. The number of pyridine rings is 1. The van der Waals surface area contributed by atoms with Gasteiger partial charge in [0.1, 0.15) is 0 Å². The Kier molecular flexibility index (Phi) is 3.73. The van der Waals surface area contributed by atoms with E-state index in [9.17, 15) is 4.79 Å². The molecular weight excluding hydrogens is 268 g/mol. The average Bonchev–Trinajstić information content (AvgIpc) is 2.12. The number of aryl methyl sites for hydroxylation is 2. The van der Waals surface area contributed by atoms with Crippen molar-refractivity contribution in [2.45, 2.75) is 34.1 Å². The molecule has 16 heavy (non-hydrogen) atoms. The van der Waals surface area contributed by atoms with Gasteiger partial charge in [-0.15, -0.1) is 0 Å². The number of aromatic nitrogens is 1. The summed E-state index contributed by atoms with van der Waals surface area (Å²) >= 11 is 3.50. The van der Waals surface area contributed by atoms with Crippen LogP contribution < -0.4 is 5.73 Å². The van der Waals surface area contributed by atoms with Crippen molar-refractivity contribution in [3.8, 4) is 0 Å². The van der Waals surface area contributed by atoms with E-state index < -0.39 is 5.41 Å². The van der Waals surface area contributed by atoms with Crippen molar-refractivity contribution in [3.63, 3.8) is 0 Å². The van der Waals surface area contributed by atoms with Crippen molar-refractivity contribution in [1.29, 1.82) is 0 Å². The molecule has 0 atom stereocenters. The van der Waals surface area contributed by atoms with Crippen LogP contribution >= 0.6 is 15.9 Å². The minimum atomic E-state index is -0.539. The Morgan fingerprint density at radius 2 is 2.06 bits per heavy atom. The largest absolute Gasteiger partial charge is 0.369 e. The van der Waals surface area contributed by atoms with Gasteiger partial charge in [-0.3, -0.25) is 9.78 Å². The van der Waals surface area contributed by atoms with Crippen molar-refractivity contribution in [3.05, 3.63) is 27.5 Å². The molecule has 1 rings (SSSR count). The van der Waals surface area contributed by atoms with Gasteiger partial charge in [0.05, 0.1) is 5.69 Å². The van der Waals surface area contributed by atoms with Crippen LogP contribution in [0.3, 0.4) is 0 Å². The summed E-state index contributed by atoms with van der Waals surface area (Å²) in [5.74, 6) is -0.286. The molecule has 1 amide bonds. The Hall–Kier alpha value is -0.900. The molecule has 1 aromatic rings. The predicted octanol–water partition coefficient (Wildman–Crippen LogP) is 2.51. The van der Waals surface area contributed by atoms with Crippen LogP contribution in [-0.4, -0.2) is 10.9 Å². The Morgan fingerprint density at radius 3 is 2.56 bits per heavy atom. The lowest BCUT2D eigenvalue weighted by molar-refractivity contribution is -0.125. The number of amides is 1. The number of carbonyl (C=O) groups excluding carboxylic acids is 1. The van der Waals surface area contributed by atoms with E-state index >= 15 is 0 Å². The van der Waals surface area contributed by atoms with Gasteiger partial charge in [-0.05, 0) is 47.8 Å². The van der Waals surface area contributed by atoms with Gasteiger partial charge in [0.2, 0.25) is 5.91 Å². The SMILES string of the molecule is Cc1cc(CC(C)(C)C(N)=O)c(Br)c(C)n1. The second-order valence-corrected chi connectivity index (χ2v) is 5.54. The molecule has 0 aliphatic rings. The van der Waals surface area contributed by atoms with Crippen LogP contribution in [-0.2, 0) is 11.2 Å². The van der Waals surface area contributed by atoms with Crippen molar-refractivity contribution < 1.29 is 4.79 Å². The molecule has 0 bridgehead atoms. The molecule has 0 unspecified atom stereocenters. The summed E-state index contributed by atoms with van der Waals surface area (Å²) in [4.78, 5) is 15.6. The number of primary amides is 1. The van der Waals surface area contributed by atoms with E-state index in [0.717, 1.165) is 21.4 Å². The number of halogens is 1. The summed E-state index contributed by atoms with van der Waals surface area (Å²) in [5, 5.41) is 0. The maximum Gasteiger partial charge on any atom is 0.223 e. The molecule has 88 valence electrons. The fraction of sp³-hybridized carbons (Fsp3) is 0.500. The van der Waals surface area contributed by atoms with Gasteiger partial charge in [-0.1, -0.05) is 13.8 Å². The number of hydrogen-bond acceptors (Lipinski definition) is 2. The number of rotatable bonds is 3. The third-order valence-electron chi connectivity index (χ3n) is 2.63. The summed E-state index contributed by atoms with van der Waals surface area (Å²) in [7, 11) is 0. The summed E-state index contributed by atoms with van der Waals surface area (Å²) in [6, 6.07) is 1.99. The van der Waals surface area contributed by atoms with Crippen LogP contribution in [0.4, 0.5) is 0 Å². The highest BCUT2D eigenvalue weighted by molar-refractivity contribution is 9.10. The Bertz CT molecular complexity index is 427. The van der Waals surface area contributed by atoms with Crippen LogP contribution in [0.2, 0.25) is 0 Å². The number of nitrogens with two attached hydrogens (primary N) is 1. The van der Waals surface area contributed by atoms with E-state index in [1.807, 2.05) is 33.8 Å². The molecule has 0 aromatic carbocycles. The fourth-order valence-electron chi connectivity index (χ4n) is 1.59. The normalized spacial score (nSPS) is 11.6. The topological polar surface area (TPSA) is 56.0 Å². The molecular formula is C12H17BrN2O. The lowest BCUT2D eigenvalue weighted by Gasteiger charge is -2.21. The molecule has 0 radical (unpaired) electrons. The van der Waals surface area contributed by atoms with E-state index in [2.05, 4.69) is 20.9 Å². The molecule has 2 N–H and O–H groups in total. The first kappa shape index (κ1) is 13.2. The molecule has 0 saturated heterocycles. The van der Waals surface area contributed by atoms with E-state index in [0.29, 0.717) is 6.42 Å². The van der Waals surface area contributed by atoms with Gasteiger partial charge >= 0.3 is 0 Å². The number of nitrogens with zero attached hydrogens (tertiary/aromatic N) is 1. The summed E-state index contributed by atoms with van der Waals surface area (Å²) in [5.41, 5.74) is 7.81. The highest BCUT2D eigenvalue weighted by atomic mass is 79.9. The van der Waals surface area contributed by atoms with Gasteiger partial charge in [-0.2, -0.15) is 0 Å². The first-order valence-electron chi connectivity index (χ1n) is 5.16. The van der Waals surface area contributed by atoms with E-state index in [-0.39, 0.29) is 5.91 Å². The Labute approximate surface area is 105 Å². The molecule has 4 heteroatoms. The van der Waals surface area contributed by atoms with Gasteiger partial charge in [-0.25, -0.2) is 0 Å². The zero-order chi connectivity index (χ0) is 12.5. The zero-order valence-corrected chi connectivity index (χ0v) is 11.7. The summed E-state index contributed by atoms with van der Waals surface area (Å²) < 4.78 is 0.965. The molecule has 3 nitrogen and oxygen atoms in total. The second kappa shape index (κ2) is 4.53. The summed E-state index contributed by atoms with van der Waals surface area (Å²) in [6.45, 7) is 7.60. The van der Waals surface area contributed by atoms with Gasteiger partial charge in [0.25, 0.3) is 0 Å². The maximum absolute atomic E-state index is 11.3. The smallest absolute Gasteiger partial charge is 0.223 e. The molecule has 0 saturated carbocycles. The number of carbonyl (C=O) groups is 1. The van der Waals surface area contributed by atoms with Crippen LogP contribution in [0.5, 0.6) is 0 Å². The average molecular weight is 285 g/mol. The van der Waals surface area contributed by atoms with E-state index in [4.69, 9.17) is 5.73 Å². The van der Waals surface area contributed by atoms with Crippen molar-refractivity contribution in [1.82, 2.24) is 4.98 Å². The van der Waals surface area contributed by atoms with Gasteiger partial charge in [0.15, 0.2) is 0 Å². The third kappa shape index (κ3) is 2.82. The highest BCUT2D eigenvalue weighted by Gasteiger charge is 2.26. The van der Waals surface area contributed by atoms with Crippen LogP contribution in [0.1, 0.15) is 30.8 Å². The lowest BCUT2D eigenvalue weighted by Crippen LogP contribution is -2.33. The van der Waals surface area contributed by atoms with E-state index in [1.54, 1.807) is 0 Å². The quantitative estimate of drug-likeness (QED) is 0.927. The fourth-order valence-corrected chi connectivity index (χ4v) is 1.93. The van der Waals surface area contributed by atoms with E-state index in [1.165, 1.54) is 0 Å². The van der Waals surface area contributed by atoms with Crippen LogP contribution in [0.15, 0.2) is 10.5 Å². The first-order chi connectivity index (χ1) is 7.24. The predicted molar refractivity (Wildman–Crippen MR) is 68.1 cm³/mol. The van der Waals surface area contributed by atoms with Crippen molar-refractivity contribution >= 4 is 21.8 Å². The standard InChI is InChI=1S/C12H17BrN2O/c1-7-5-9(10(13)8(2)15-7)6-12(3,4)11(14)16/h5H,6H2,1-4H3,(H2,14,16). The molecule has 0 aliphatic heterocycles. The first-order valence-corrected chi connectivity index (χ1v) is 5.96. The van der Waals surface area contributed by atoms with Crippen molar-refractivity contribution in [2.75, 3.05) is 0 Å². The molecule has 0 spiro atoms. The number of hydrogen-bond donors (Lipinski definition) is 1. The minimum absolute atomic E-state index is 0.286. The molecule has 0 aliphatic carbocycles. The second-order valence-electron chi connectivity index (χ2n) is 4.75. The van der Waals surface area contributed by atoms with Gasteiger partial charge < -0.3 is 5.73 Å². The van der Waals surface area contributed by atoms with Crippen LogP contribution in [0, 0.1) is 19.3 Å². The molecule has 1 aromatic heterocycles. The Balaban J connectivity index is 3.11. The van der Waals surface area contributed by atoms with Gasteiger partial charge in [0, 0.05) is 15.6 Å². The maximum atomic E-state index is 11.3.